The summed E-state index contributed by atoms with van der Waals surface area (Å²) in [6.45, 7) is 1.98. The van der Waals surface area contributed by atoms with Crippen LogP contribution in [0.4, 0.5) is 0 Å². The Labute approximate surface area is 89.6 Å². The van der Waals surface area contributed by atoms with Crippen molar-refractivity contribution < 1.29 is 5.11 Å². The zero-order valence-electron chi connectivity index (χ0n) is 8.85. The Morgan fingerprint density at radius 2 is 2.00 bits per heavy atom. The van der Waals surface area contributed by atoms with Crippen LogP contribution in [0.15, 0.2) is 36.4 Å². The van der Waals surface area contributed by atoms with Crippen LogP contribution in [0.5, 0.6) is 0 Å². The van der Waals surface area contributed by atoms with Gasteiger partial charge in [-0.25, -0.2) is 0 Å². The van der Waals surface area contributed by atoms with Crippen LogP contribution in [0.3, 0.4) is 0 Å². The zero-order chi connectivity index (χ0) is 10.7. The average molecular weight is 201 g/mol. The minimum atomic E-state index is -0.279. The van der Waals surface area contributed by atoms with Gasteiger partial charge in [0.15, 0.2) is 0 Å². The Balaban J connectivity index is 2.30. The quantitative estimate of drug-likeness (QED) is 0.827. The lowest BCUT2D eigenvalue weighted by molar-refractivity contribution is 0.169. The van der Waals surface area contributed by atoms with E-state index < -0.39 is 0 Å². The van der Waals surface area contributed by atoms with Gasteiger partial charge in [0.05, 0.1) is 11.6 Å². The highest BCUT2D eigenvalue weighted by atomic mass is 16.3. The van der Waals surface area contributed by atoms with E-state index in [-0.39, 0.29) is 6.10 Å². The number of fused-ring (bicyclic) bond motifs is 1. The van der Waals surface area contributed by atoms with Crippen LogP contribution in [0, 0.1) is 0 Å². The second-order valence-electron chi connectivity index (χ2n) is 3.76. The van der Waals surface area contributed by atoms with E-state index in [1.54, 1.807) is 0 Å². The third kappa shape index (κ3) is 2.34. The van der Waals surface area contributed by atoms with Crippen molar-refractivity contribution in [1.29, 1.82) is 0 Å². The molecular formula is C13H15NO. The summed E-state index contributed by atoms with van der Waals surface area (Å²) in [6.07, 6.45) is 1.13. The lowest BCUT2D eigenvalue weighted by Crippen LogP contribution is -2.09. The van der Waals surface area contributed by atoms with Crippen LogP contribution in [0.1, 0.15) is 19.0 Å². The standard InChI is InChI=1S/C13H15NO/c1-2-12(15)9-11-8-7-10-5-3-4-6-13(10)14-11/h3-8,12,15H,2,9H2,1H3. The van der Waals surface area contributed by atoms with Gasteiger partial charge in [0.1, 0.15) is 0 Å². The van der Waals surface area contributed by atoms with Crippen molar-refractivity contribution >= 4 is 10.9 Å². The normalized spacial score (nSPS) is 12.9. The number of aromatic nitrogens is 1. The number of rotatable bonds is 3. The van der Waals surface area contributed by atoms with Crippen molar-refractivity contribution in [1.82, 2.24) is 4.98 Å². The summed E-state index contributed by atoms with van der Waals surface area (Å²) in [6, 6.07) is 12.1. The van der Waals surface area contributed by atoms with Crippen LogP contribution >= 0.6 is 0 Å². The Bertz CT molecular complexity index is 453. The highest BCUT2D eigenvalue weighted by Crippen LogP contribution is 2.13. The molecule has 0 bridgehead atoms. The highest BCUT2D eigenvalue weighted by Gasteiger charge is 2.04. The topological polar surface area (TPSA) is 33.1 Å². The molecule has 0 saturated carbocycles. The minimum Gasteiger partial charge on any atom is -0.393 e. The van der Waals surface area contributed by atoms with Crippen LogP contribution in [-0.2, 0) is 6.42 Å². The number of aliphatic hydroxyl groups is 1. The Kier molecular flexibility index (Phi) is 2.97. The van der Waals surface area contributed by atoms with E-state index in [9.17, 15) is 5.11 Å². The molecule has 1 N–H and O–H groups in total. The number of hydrogen-bond donors (Lipinski definition) is 1. The molecule has 0 fully saturated rings. The Morgan fingerprint density at radius 3 is 2.80 bits per heavy atom. The summed E-state index contributed by atoms with van der Waals surface area (Å²) < 4.78 is 0. The highest BCUT2D eigenvalue weighted by molar-refractivity contribution is 5.78. The van der Waals surface area contributed by atoms with E-state index in [0.717, 1.165) is 23.0 Å². The Hall–Kier alpha value is -1.41. The number of nitrogens with zero attached hydrogens (tertiary/aromatic N) is 1. The summed E-state index contributed by atoms with van der Waals surface area (Å²) in [5.74, 6) is 0. The van der Waals surface area contributed by atoms with Gasteiger partial charge in [0.25, 0.3) is 0 Å². The third-order valence-corrected chi connectivity index (χ3v) is 2.57. The first-order chi connectivity index (χ1) is 7.29. The fourth-order valence-electron chi connectivity index (χ4n) is 1.61. The van der Waals surface area contributed by atoms with Gasteiger partial charge < -0.3 is 5.11 Å². The van der Waals surface area contributed by atoms with E-state index in [2.05, 4.69) is 11.1 Å². The molecular weight excluding hydrogens is 186 g/mol. The maximum Gasteiger partial charge on any atom is 0.0705 e. The van der Waals surface area contributed by atoms with Gasteiger partial charge >= 0.3 is 0 Å². The van der Waals surface area contributed by atoms with Gasteiger partial charge in [-0.05, 0) is 18.6 Å². The molecule has 0 aliphatic carbocycles. The van der Waals surface area contributed by atoms with Gasteiger partial charge in [-0.15, -0.1) is 0 Å². The van der Waals surface area contributed by atoms with Crippen LogP contribution in [0.25, 0.3) is 10.9 Å². The maximum absolute atomic E-state index is 9.54. The molecule has 1 atom stereocenters. The second-order valence-corrected chi connectivity index (χ2v) is 3.76. The number of aliphatic hydroxyl groups excluding tert-OH is 1. The predicted octanol–water partition coefficient (Wildman–Crippen LogP) is 2.55. The largest absolute Gasteiger partial charge is 0.393 e. The van der Waals surface area contributed by atoms with E-state index in [1.165, 1.54) is 0 Å². The molecule has 78 valence electrons. The first-order valence-electron chi connectivity index (χ1n) is 5.32. The second kappa shape index (κ2) is 4.41. The Morgan fingerprint density at radius 1 is 1.20 bits per heavy atom. The number of benzene rings is 1. The summed E-state index contributed by atoms with van der Waals surface area (Å²) in [4.78, 5) is 4.50. The van der Waals surface area contributed by atoms with Gasteiger partial charge in [-0.3, -0.25) is 4.98 Å². The van der Waals surface area contributed by atoms with Gasteiger partial charge in [-0.2, -0.15) is 0 Å². The van der Waals surface area contributed by atoms with Crippen molar-refractivity contribution in [3.8, 4) is 0 Å². The van der Waals surface area contributed by atoms with E-state index >= 15 is 0 Å². The summed E-state index contributed by atoms with van der Waals surface area (Å²) >= 11 is 0. The fourth-order valence-corrected chi connectivity index (χ4v) is 1.61. The van der Waals surface area contributed by atoms with Crippen molar-refractivity contribution in [2.75, 3.05) is 0 Å². The molecule has 1 heterocycles. The predicted molar refractivity (Wildman–Crippen MR) is 61.7 cm³/mol. The SMILES string of the molecule is CCC(O)Cc1ccc2ccccc2n1. The molecule has 2 rings (SSSR count). The van der Waals surface area contributed by atoms with Gasteiger partial charge in [-0.1, -0.05) is 31.2 Å². The number of hydrogen-bond acceptors (Lipinski definition) is 2. The maximum atomic E-state index is 9.54. The van der Waals surface area contributed by atoms with Gasteiger partial charge in [0.2, 0.25) is 0 Å². The number of pyridine rings is 1. The average Bonchev–Trinajstić information content (AvgIpc) is 2.29. The van der Waals surface area contributed by atoms with Crippen LogP contribution in [-0.4, -0.2) is 16.2 Å². The molecule has 0 aliphatic rings. The summed E-state index contributed by atoms with van der Waals surface area (Å²) in [5.41, 5.74) is 1.96. The summed E-state index contributed by atoms with van der Waals surface area (Å²) in [7, 11) is 0. The molecule has 2 aromatic rings. The molecule has 0 saturated heterocycles. The van der Waals surface area contributed by atoms with E-state index in [0.29, 0.717) is 6.42 Å². The van der Waals surface area contributed by atoms with Crippen LogP contribution in [0.2, 0.25) is 0 Å². The van der Waals surface area contributed by atoms with E-state index in [4.69, 9.17) is 0 Å². The van der Waals surface area contributed by atoms with Crippen molar-refractivity contribution in [3.63, 3.8) is 0 Å². The molecule has 0 spiro atoms. The lowest BCUT2D eigenvalue weighted by Gasteiger charge is -2.07. The molecule has 2 nitrogen and oxygen atoms in total. The lowest BCUT2D eigenvalue weighted by atomic mass is 10.1. The molecule has 0 amide bonds. The molecule has 2 heteroatoms. The molecule has 0 aliphatic heterocycles. The zero-order valence-corrected chi connectivity index (χ0v) is 8.85. The van der Waals surface area contributed by atoms with E-state index in [1.807, 2.05) is 37.3 Å². The van der Waals surface area contributed by atoms with Crippen molar-refractivity contribution in [2.45, 2.75) is 25.9 Å². The molecule has 1 unspecified atom stereocenters. The monoisotopic (exact) mass is 201 g/mol. The fraction of sp³-hybridized carbons (Fsp3) is 0.308. The van der Waals surface area contributed by atoms with Crippen LogP contribution < -0.4 is 0 Å². The molecule has 1 aromatic heterocycles. The van der Waals surface area contributed by atoms with Gasteiger partial charge in [0, 0.05) is 17.5 Å². The molecule has 15 heavy (non-hydrogen) atoms. The minimum absolute atomic E-state index is 0.279. The first-order valence-corrected chi connectivity index (χ1v) is 5.32. The first kappa shape index (κ1) is 10.1. The number of para-hydroxylation sites is 1. The third-order valence-electron chi connectivity index (χ3n) is 2.57. The summed E-state index contributed by atoms with van der Waals surface area (Å²) in [5, 5.41) is 10.7. The van der Waals surface area contributed by atoms with Crippen molar-refractivity contribution in [3.05, 3.63) is 42.1 Å². The molecule has 1 aromatic carbocycles. The smallest absolute Gasteiger partial charge is 0.0705 e. The van der Waals surface area contributed by atoms with Crippen molar-refractivity contribution in [2.24, 2.45) is 0 Å². The molecule has 0 radical (unpaired) electrons.